The van der Waals surface area contributed by atoms with Crippen LogP contribution in [0.25, 0.3) is 22.5 Å². The highest BCUT2D eigenvalue weighted by molar-refractivity contribution is 6.33. The van der Waals surface area contributed by atoms with Crippen molar-refractivity contribution in [3.05, 3.63) is 53.7 Å². The van der Waals surface area contributed by atoms with Gasteiger partial charge in [0.2, 0.25) is 5.95 Å². The molecule has 1 aliphatic carbocycles. The molecular weight excluding hydrogens is 536 g/mol. The summed E-state index contributed by atoms with van der Waals surface area (Å²) in [7, 11) is 3.25. The van der Waals surface area contributed by atoms with Crippen molar-refractivity contribution in [1.29, 1.82) is 5.26 Å². The highest BCUT2D eigenvalue weighted by Gasteiger charge is 2.25. The lowest BCUT2D eigenvalue weighted by atomic mass is 9.93. The molecule has 2 N–H and O–H groups in total. The zero-order valence-corrected chi connectivity index (χ0v) is 22.5. The number of amides is 1. The topological polar surface area (TPSA) is 166 Å². The number of aryl methyl sites for hydroxylation is 1. The van der Waals surface area contributed by atoms with E-state index in [0.717, 1.165) is 24.0 Å². The summed E-state index contributed by atoms with van der Waals surface area (Å²) in [5, 5.41) is 20.2. The molecule has 204 valence electrons. The van der Waals surface area contributed by atoms with Crippen LogP contribution in [0.2, 0.25) is 5.02 Å². The summed E-state index contributed by atoms with van der Waals surface area (Å²) in [5.41, 5.74) is 2.66. The van der Waals surface area contributed by atoms with Gasteiger partial charge in [0.15, 0.2) is 0 Å². The Morgan fingerprint density at radius 1 is 1.05 bits per heavy atom. The molecule has 0 atom stereocenters. The normalized spacial score (nSPS) is 16.6. The molecule has 0 spiro atoms. The van der Waals surface area contributed by atoms with Gasteiger partial charge < -0.3 is 14.8 Å². The third kappa shape index (κ3) is 6.24. The molecule has 5 rings (SSSR count). The Labute approximate surface area is 234 Å². The Kier molecular flexibility index (Phi) is 7.97. The Morgan fingerprint density at radius 2 is 1.80 bits per heavy atom. The van der Waals surface area contributed by atoms with Crippen molar-refractivity contribution in [2.75, 3.05) is 17.7 Å². The number of aromatic nitrogens is 7. The van der Waals surface area contributed by atoms with Gasteiger partial charge in [-0.3, -0.25) is 10.00 Å². The summed E-state index contributed by atoms with van der Waals surface area (Å²) in [6, 6.07) is 5.95. The van der Waals surface area contributed by atoms with Crippen LogP contribution in [0.3, 0.4) is 0 Å². The second kappa shape index (κ2) is 11.9. The number of nitriles is 1. The summed E-state index contributed by atoms with van der Waals surface area (Å²) in [4.78, 5) is 33.7. The quantitative estimate of drug-likeness (QED) is 0.332. The number of nitrogens with one attached hydrogen (secondary N) is 2. The third-order valence-corrected chi connectivity index (χ3v) is 6.61. The molecular formula is C26H25ClN10O3. The molecule has 0 aliphatic heterocycles. The number of ether oxygens (including phenoxy) is 2. The fourth-order valence-electron chi connectivity index (χ4n) is 4.34. The molecule has 4 aromatic rings. The lowest BCUT2D eigenvalue weighted by molar-refractivity contribution is 0.0840. The van der Waals surface area contributed by atoms with Crippen molar-refractivity contribution in [1.82, 2.24) is 34.7 Å². The van der Waals surface area contributed by atoms with Gasteiger partial charge in [0.25, 0.3) is 0 Å². The van der Waals surface area contributed by atoms with Crippen molar-refractivity contribution in [3.8, 4) is 34.6 Å². The van der Waals surface area contributed by atoms with Gasteiger partial charge in [0, 0.05) is 49.0 Å². The number of pyridine rings is 1. The number of halogens is 1. The summed E-state index contributed by atoms with van der Waals surface area (Å²) in [6.07, 6.45) is 10.1. The first-order chi connectivity index (χ1) is 19.4. The summed E-state index contributed by atoms with van der Waals surface area (Å²) >= 11 is 6.27. The van der Waals surface area contributed by atoms with Gasteiger partial charge in [0.05, 0.1) is 23.9 Å². The van der Waals surface area contributed by atoms with E-state index in [9.17, 15) is 10.1 Å². The van der Waals surface area contributed by atoms with E-state index in [1.807, 2.05) is 6.07 Å². The van der Waals surface area contributed by atoms with Crippen LogP contribution in [0, 0.1) is 11.3 Å². The molecule has 0 bridgehead atoms. The smallest absolute Gasteiger partial charge is 0.413 e. The highest BCUT2D eigenvalue weighted by Crippen LogP contribution is 2.29. The minimum atomic E-state index is -0.559. The molecule has 1 saturated carbocycles. The van der Waals surface area contributed by atoms with Crippen molar-refractivity contribution in [2.24, 2.45) is 7.05 Å². The largest absolute Gasteiger partial charge is 0.467 e. The number of nitrogens with zero attached hydrogens (tertiary/aromatic N) is 8. The SMILES string of the molecule is COc1ncc(-c2ccc(NC(=O)OC3CCC(Nc4ncc(C#N)c(-c5nn(C)cc5Cl)n4)CC3)nc2)cn1. The minimum absolute atomic E-state index is 0.0825. The van der Waals surface area contributed by atoms with E-state index in [-0.39, 0.29) is 23.7 Å². The number of carbonyl (C=O) groups is 1. The molecule has 13 nitrogen and oxygen atoms in total. The standard InChI is InChI=1S/C26H25ClN10O3/c1-37-14-20(27)23(36-37)22-16(9-28)11-30-24(35-22)33-18-4-6-19(7-5-18)40-26(38)34-21-8-3-15(10-29-21)17-12-31-25(39-2)32-13-17/h3,8,10-14,18-19H,4-7H2,1-2H3,(H,29,34,38)(H,30,33,35). The molecule has 0 aromatic carbocycles. The Balaban J connectivity index is 1.12. The average molecular weight is 561 g/mol. The minimum Gasteiger partial charge on any atom is -0.467 e. The van der Waals surface area contributed by atoms with E-state index in [1.165, 1.54) is 13.3 Å². The first-order valence-corrected chi connectivity index (χ1v) is 12.8. The number of anilines is 2. The zero-order chi connectivity index (χ0) is 28.1. The summed E-state index contributed by atoms with van der Waals surface area (Å²) in [6.45, 7) is 0. The first-order valence-electron chi connectivity index (χ1n) is 12.4. The van der Waals surface area contributed by atoms with Gasteiger partial charge in [-0.15, -0.1) is 0 Å². The van der Waals surface area contributed by atoms with Gasteiger partial charge in [-0.05, 0) is 37.8 Å². The Bertz CT molecular complexity index is 1530. The first kappa shape index (κ1) is 26.8. The molecule has 14 heteroatoms. The van der Waals surface area contributed by atoms with Gasteiger partial charge in [-0.1, -0.05) is 11.6 Å². The second-order valence-corrected chi connectivity index (χ2v) is 9.51. The van der Waals surface area contributed by atoms with Crippen molar-refractivity contribution >= 4 is 29.5 Å². The monoisotopic (exact) mass is 560 g/mol. The molecule has 1 aliphatic rings. The predicted octanol–water partition coefficient (Wildman–Crippen LogP) is 4.23. The van der Waals surface area contributed by atoms with Crippen LogP contribution in [0.15, 0.2) is 43.1 Å². The van der Waals surface area contributed by atoms with Gasteiger partial charge in [-0.2, -0.15) is 10.4 Å². The van der Waals surface area contributed by atoms with E-state index in [1.54, 1.807) is 42.6 Å². The van der Waals surface area contributed by atoms with Gasteiger partial charge in [0.1, 0.15) is 29.4 Å². The molecule has 0 unspecified atom stereocenters. The zero-order valence-electron chi connectivity index (χ0n) is 21.7. The average Bonchev–Trinajstić information content (AvgIpc) is 3.31. The van der Waals surface area contributed by atoms with Crippen LogP contribution < -0.4 is 15.4 Å². The van der Waals surface area contributed by atoms with Crippen LogP contribution >= 0.6 is 11.6 Å². The lowest BCUT2D eigenvalue weighted by Gasteiger charge is -2.28. The van der Waals surface area contributed by atoms with Gasteiger partial charge in [-0.25, -0.2) is 29.7 Å². The molecule has 0 radical (unpaired) electrons. The van der Waals surface area contributed by atoms with Crippen molar-refractivity contribution in [2.45, 2.75) is 37.8 Å². The fourth-order valence-corrected chi connectivity index (χ4v) is 4.60. The molecule has 1 amide bonds. The highest BCUT2D eigenvalue weighted by atomic mass is 35.5. The van der Waals surface area contributed by atoms with E-state index >= 15 is 0 Å². The van der Waals surface area contributed by atoms with Crippen LogP contribution in [0.1, 0.15) is 31.2 Å². The maximum atomic E-state index is 12.5. The van der Waals surface area contributed by atoms with Crippen LogP contribution in [0.5, 0.6) is 6.01 Å². The lowest BCUT2D eigenvalue weighted by Crippen LogP contribution is -2.32. The molecule has 40 heavy (non-hydrogen) atoms. The van der Waals surface area contributed by atoms with Crippen LogP contribution in [-0.4, -0.2) is 60.0 Å². The van der Waals surface area contributed by atoms with Crippen LogP contribution in [0.4, 0.5) is 16.6 Å². The van der Waals surface area contributed by atoms with E-state index in [2.05, 4.69) is 46.7 Å². The third-order valence-electron chi connectivity index (χ3n) is 6.34. The summed E-state index contributed by atoms with van der Waals surface area (Å²) in [5.74, 6) is 0.758. The van der Waals surface area contributed by atoms with E-state index in [0.29, 0.717) is 41.0 Å². The van der Waals surface area contributed by atoms with Crippen molar-refractivity contribution in [3.63, 3.8) is 0 Å². The maximum absolute atomic E-state index is 12.5. The van der Waals surface area contributed by atoms with Gasteiger partial charge >= 0.3 is 12.1 Å². The molecule has 4 aromatic heterocycles. The van der Waals surface area contributed by atoms with Crippen molar-refractivity contribution < 1.29 is 14.3 Å². The Hall–Kier alpha value is -4.83. The number of hydrogen-bond donors (Lipinski definition) is 2. The number of methoxy groups -OCH3 is 1. The number of carbonyl (C=O) groups excluding carboxylic acids is 1. The molecule has 1 fully saturated rings. The summed E-state index contributed by atoms with van der Waals surface area (Å²) < 4.78 is 12.1. The predicted molar refractivity (Wildman–Crippen MR) is 146 cm³/mol. The Morgan fingerprint density at radius 3 is 2.42 bits per heavy atom. The van der Waals surface area contributed by atoms with E-state index in [4.69, 9.17) is 21.1 Å². The molecule has 4 heterocycles. The second-order valence-electron chi connectivity index (χ2n) is 9.11. The maximum Gasteiger partial charge on any atom is 0.413 e. The van der Waals surface area contributed by atoms with E-state index < -0.39 is 6.09 Å². The number of hydrogen-bond acceptors (Lipinski definition) is 11. The molecule has 0 saturated heterocycles. The fraction of sp³-hybridized carbons (Fsp3) is 0.308. The van der Waals surface area contributed by atoms with Crippen LogP contribution in [-0.2, 0) is 11.8 Å². The number of rotatable bonds is 7.